The van der Waals surface area contributed by atoms with E-state index < -0.39 is 0 Å². The minimum absolute atomic E-state index is 0.0976. The van der Waals surface area contributed by atoms with Crippen molar-refractivity contribution in [3.05, 3.63) is 50.7 Å². The fourth-order valence-corrected chi connectivity index (χ4v) is 3.74. The van der Waals surface area contributed by atoms with E-state index in [-0.39, 0.29) is 11.9 Å². The lowest BCUT2D eigenvalue weighted by Gasteiger charge is -2.21. The highest BCUT2D eigenvalue weighted by Gasteiger charge is 2.19. The minimum atomic E-state index is 0.0976. The number of nitrogens with one attached hydrogen (secondary N) is 2. The van der Waals surface area contributed by atoms with Gasteiger partial charge in [0, 0.05) is 17.0 Å². The van der Waals surface area contributed by atoms with Gasteiger partial charge in [-0.05, 0) is 42.8 Å². The lowest BCUT2D eigenvalue weighted by atomic mass is 9.96. The van der Waals surface area contributed by atoms with Gasteiger partial charge < -0.3 is 10.6 Å². The summed E-state index contributed by atoms with van der Waals surface area (Å²) in [5.41, 5.74) is 3.33. The van der Waals surface area contributed by atoms with E-state index in [4.69, 9.17) is 11.6 Å². The molecular weight excluding hydrogens is 292 g/mol. The van der Waals surface area contributed by atoms with E-state index in [1.165, 1.54) is 16.0 Å². The van der Waals surface area contributed by atoms with Crippen LogP contribution in [0.4, 0.5) is 5.69 Å². The largest absolute Gasteiger partial charge is 0.326 e. The normalized spacial score (nSPS) is 15.6. The van der Waals surface area contributed by atoms with Crippen LogP contribution in [0, 0.1) is 0 Å². The minimum Gasteiger partial charge on any atom is -0.326 e. The van der Waals surface area contributed by atoms with Crippen LogP contribution in [-0.4, -0.2) is 13.0 Å². The molecule has 2 N–H and O–H groups in total. The van der Waals surface area contributed by atoms with E-state index in [1.807, 2.05) is 19.2 Å². The number of fused-ring (bicyclic) bond motifs is 1. The summed E-state index contributed by atoms with van der Waals surface area (Å²) in [5.74, 6) is 0.0976. The van der Waals surface area contributed by atoms with Gasteiger partial charge in [0.15, 0.2) is 0 Å². The van der Waals surface area contributed by atoms with Crippen LogP contribution in [0.15, 0.2) is 30.3 Å². The van der Waals surface area contributed by atoms with Crippen LogP contribution in [0.2, 0.25) is 4.34 Å². The second kappa shape index (κ2) is 5.56. The number of anilines is 1. The summed E-state index contributed by atoms with van der Waals surface area (Å²) in [5, 5.41) is 6.24. The van der Waals surface area contributed by atoms with E-state index in [1.54, 1.807) is 11.3 Å². The smallest absolute Gasteiger partial charge is 0.224 e. The van der Waals surface area contributed by atoms with Gasteiger partial charge in [-0.2, -0.15) is 0 Å². The molecule has 0 aliphatic carbocycles. The van der Waals surface area contributed by atoms with Gasteiger partial charge in [0.1, 0.15) is 0 Å². The maximum absolute atomic E-state index is 11.4. The summed E-state index contributed by atoms with van der Waals surface area (Å²) >= 11 is 7.61. The van der Waals surface area contributed by atoms with Crippen molar-refractivity contribution < 1.29 is 4.79 Å². The predicted octanol–water partition coefficient (Wildman–Crippen LogP) is 3.60. The lowest BCUT2D eigenvalue weighted by molar-refractivity contribution is -0.116. The molecule has 2 aromatic rings. The van der Waals surface area contributed by atoms with Crippen LogP contribution in [0.1, 0.15) is 28.5 Å². The maximum Gasteiger partial charge on any atom is 0.224 e. The van der Waals surface area contributed by atoms with Crippen LogP contribution < -0.4 is 10.6 Å². The third-order valence-corrected chi connectivity index (χ3v) is 4.82. The molecule has 1 unspecified atom stereocenters. The summed E-state index contributed by atoms with van der Waals surface area (Å²) in [4.78, 5) is 12.6. The first-order valence-corrected chi connectivity index (χ1v) is 7.72. The fraction of sp³-hybridized carbons (Fsp3) is 0.267. The number of thiophene rings is 1. The molecule has 0 saturated heterocycles. The van der Waals surface area contributed by atoms with Crippen molar-refractivity contribution in [2.75, 3.05) is 12.4 Å². The van der Waals surface area contributed by atoms with E-state index >= 15 is 0 Å². The van der Waals surface area contributed by atoms with Gasteiger partial charge in [-0.1, -0.05) is 23.7 Å². The predicted molar refractivity (Wildman–Crippen MR) is 83.6 cm³/mol. The highest BCUT2D eigenvalue weighted by atomic mass is 35.5. The van der Waals surface area contributed by atoms with E-state index in [9.17, 15) is 4.79 Å². The van der Waals surface area contributed by atoms with Crippen LogP contribution in [0.5, 0.6) is 0 Å². The second-order valence-corrected chi connectivity index (χ2v) is 6.57. The van der Waals surface area contributed by atoms with Crippen molar-refractivity contribution in [3.8, 4) is 0 Å². The molecule has 3 rings (SSSR count). The molecule has 3 nitrogen and oxygen atoms in total. The van der Waals surface area contributed by atoms with Crippen molar-refractivity contribution >= 4 is 34.5 Å². The molecule has 0 saturated carbocycles. The number of carbonyl (C=O) groups is 1. The molecule has 20 heavy (non-hydrogen) atoms. The molecule has 1 aromatic heterocycles. The topological polar surface area (TPSA) is 41.1 Å². The lowest BCUT2D eigenvalue weighted by Crippen LogP contribution is -2.21. The van der Waals surface area contributed by atoms with E-state index in [2.05, 4.69) is 28.8 Å². The Hall–Kier alpha value is -1.36. The molecule has 1 aliphatic rings. The summed E-state index contributed by atoms with van der Waals surface area (Å²) in [6.45, 7) is 0. The molecule has 0 radical (unpaired) electrons. The zero-order chi connectivity index (χ0) is 14.1. The van der Waals surface area contributed by atoms with Gasteiger partial charge >= 0.3 is 0 Å². The third kappa shape index (κ3) is 2.59. The Morgan fingerprint density at radius 3 is 2.85 bits per heavy atom. The van der Waals surface area contributed by atoms with Crippen LogP contribution in [-0.2, 0) is 11.2 Å². The Morgan fingerprint density at radius 1 is 1.30 bits per heavy atom. The number of benzene rings is 1. The van der Waals surface area contributed by atoms with Crippen LogP contribution in [0.3, 0.4) is 0 Å². The molecule has 1 aromatic carbocycles. The zero-order valence-electron chi connectivity index (χ0n) is 11.1. The molecule has 0 spiro atoms. The third-order valence-electron chi connectivity index (χ3n) is 3.53. The van der Waals surface area contributed by atoms with Crippen molar-refractivity contribution in [1.82, 2.24) is 5.32 Å². The standard InChI is InChI=1S/C15H15ClN2OS/c1-17-15(12-5-6-13(16)20-12)10-2-4-11-9(8-10)3-7-14(19)18-11/h2,4-6,8,15,17H,3,7H2,1H3,(H,18,19). The fourth-order valence-electron chi connectivity index (χ4n) is 2.54. The van der Waals surface area contributed by atoms with Gasteiger partial charge in [-0.15, -0.1) is 11.3 Å². The number of carbonyl (C=O) groups excluding carboxylic acids is 1. The van der Waals surface area contributed by atoms with E-state index in [0.29, 0.717) is 6.42 Å². The number of halogens is 1. The average molecular weight is 307 g/mol. The van der Waals surface area contributed by atoms with Gasteiger partial charge in [0.05, 0.1) is 10.4 Å². The van der Waals surface area contributed by atoms with Gasteiger partial charge in [-0.25, -0.2) is 0 Å². The molecule has 104 valence electrons. The summed E-state index contributed by atoms with van der Waals surface area (Å²) in [6.07, 6.45) is 1.36. The highest BCUT2D eigenvalue weighted by molar-refractivity contribution is 7.16. The number of hydrogen-bond acceptors (Lipinski definition) is 3. The van der Waals surface area contributed by atoms with E-state index in [0.717, 1.165) is 16.4 Å². The Labute approximate surface area is 127 Å². The number of aryl methyl sites for hydroxylation is 1. The first-order valence-electron chi connectivity index (χ1n) is 6.52. The summed E-state index contributed by atoms with van der Waals surface area (Å²) < 4.78 is 0.797. The second-order valence-electron chi connectivity index (χ2n) is 4.83. The first-order chi connectivity index (χ1) is 9.67. The van der Waals surface area contributed by atoms with Crippen molar-refractivity contribution in [1.29, 1.82) is 0 Å². The quantitative estimate of drug-likeness (QED) is 0.910. The van der Waals surface area contributed by atoms with Crippen molar-refractivity contribution in [2.24, 2.45) is 0 Å². The van der Waals surface area contributed by atoms with Crippen molar-refractivity contribution in [2.45, 2.75) is 18.9 Å². The van der Waals surface area contributed by atoms with Gasteiger partial charge in [-0.3, -0.25) is 4.79 Å². The SMILES string of the molecule is CNC(c1ccc2c(c1)CCC(=O)N2)c1ccc(Cl)s1. The maximum atomic E-state index is 11.4. The average Bonchev–Trinajstić information content (AvgIpc) is 2.86. The number of rotatable bonds is 3. The van der Waals surface area contributed by atoms with Crippen LogP contribution in [0.25, 0.3) is 0 Å². The van der Waals surface area contributed by atoms with Crippen LogP contribution >= 0.6 is 22.9 Å². The molecule has 5 heteroatoms. The zero-order valence-corrected chi connectivity index (χ0v) is 12.6. The molecule has 0 fully saturated rings. The summed E-state index contributed by atoms with van der Waals surface area (Å²) in [6, 6.07) is 10.3. The van der Waals surface area contributed by atoms with Crippen molar-refractivity contribution in [3.63, 3.8) is 0 Å². The summed E-state index contributed by atoms with van der Waals surface area (Å²) in [7, 11) is 1.94. The Kier molecular flexibility index (Phi) is 3.78. The molecule has 2 heterocycles. The molecule has 0 bridgehead atoms. The monoisotopic (exact) mass is 306 g/mol. The van der Waals surface area contributed by atoms with Gasteiger partial charge in [0.25, 0.3) is 0 Å². The highest BCUT2D eigenvalue weighted by Crippen LogP contribution is 2.33. The first kappa shape index (κ1) is 13.6. The molecule has 1 atom stereocenters. The molecule has 1 aliphatic heterocycles. The Morgan fingerprint density at radius 2 is 2.15 bits per heavy atom. The van der Waals surface area contributed by atoms with Gasteiger partial charge in [0.2, 0.25) is 5.91 Å². The molecular formula is C15H15ClN2OS. The Balaban J connectivity index is 1.95. The number of hydrogen-bond donors (Lipinski definition) is 2. The molecule has 1 amide bonds. The number of amides is 1. The Bertz CT molecular complexity index is 653.